The minimum atomic E-state index is -0.230. The van der Waals surface area contributed by atoms with E-state index in [1.54, 1.807) is 36.6 Å². The van der Waals surface area contributed by atoms with E-state index in [4.69, 9.17) is 14.2 Å². The van der Waals surface area contributed by atoms with Gasteiger partial charge in [0.1, 0.15) is 22.1 Å². The Morgan fingerprint density at radius 1 is 1.22 bits per heavy atom. The molecule has 1 N–H and O–H groups in total. The molecule has 0 atom stereocenters. The molecule has 2 aromatic rings. The topological polar surface area (TPSA) is 69.7 Å². The fourth-order valence-corrected chi connectivity index (χ4v) is 2.92. The Bertz CT molecular complexity index is 635. The number of nitrogens with zero attached hydrogens (tertiary/aromatic N) is 1. The van der Waals surface area contributed by atoms with E-state index in [2.05, 4.69) is 10.3 Å². The molecule has 0 fully saturated rings. The second-order valence-electron chi connectivity index (χ2n) is 4.71. The zero-order valence-electron chi connectivity index (χ0n) is 13.4. The fourth-order valence-electron chi connectivity index (χ4n) is 2.12. The summed E-state index contributed by atoms with van der Waals surface area (Å²) >= 11 is 1.55. The van der Waals surface area contributed by atoms with Crippen LogP contribution in [0.4, 0.5) is 0 Å². The molecule has 0 saturated carbocycles. The summed E-state index contributed by atoms with van der Waals surface area (Å²) in [5, 5.41) is 5.78. The van der Waals surface area contributed by atoms with Crippen molar-refractivity contribution in [2.75, 3.05) is 27.9 Å². The highest BCUT2D eigenvalue weighted by Crippen LogP contribution is 2.27. The predicted molar refractivity (Wildman–Crippen MR) is 88.4 cm³/mol. The summed E-state index contributed by atoms with van der Waals surface area (Å²) in [6.07, 6.45) is 0.656. The number of hydrogen-bond acceptors (Lipinski definition) is 6. The number of hydrogen-bond donors (Lipinski definition) is 1. The van der Waals surface area contributed by atoms with Crippen molar-refractivity contribution in [1.82, 2.24) is 10.3 Å². The van der Waals surface area contributed by atoms with E-state index in [9.17, 15) is 4.79 Å². The molecule has 0 aliphatic heterocycles. The van der Waals surface area contributed by atoms with Crippen molar-refractivity contribution >= 4 is 17.2 Å². The van der Waals surface area contributed by atoms with E-state index in [0.29, 0.717) is 36.6 Å². The normalized spacial score (nSPS) is 10.4. The van der Waals surface area contributed by atoms with Crippen LogP contribution in [0, 0.1) is 0 Å². The van der Waals surface area contributed by atoms with Crippen molar-refractivity contribution in [2.45, 2.75) is 13.0 Å². The standard InChI is InChI=1S/C16H20N2O4S/c1-20-9-14-18-11(10-23-14)7-8-17-16(19)15-12(21-2)5-4-6-13(15)22-3/h4-6,10H,7-9H2,1-3H3,(H,17,19). The minimum Gasteiger partial charge on any atom is -0.496 e. The van der Waals surface area contributed by atoms with E-state index in [-0.39, 0.29) is 5.91 Å². The Kier molecular flexibility index (Phi) is 6.37. The third kappa shape index (κ3) is 4.43. The number of nitrogens with one attached hydrogen (secondary N) is 1. The maximum atomic E-state index is 12.4. The van der Waals surface area contributed by atoms with Gasteiger partial charge >= 0.3 is 0 Å². The Labute approximate surface area is 139 Å². The molecule has 7 heteroatoms. The van der Waals surface area contributed by atoms with Crippen LogP contribution >= 0.6 is 11.3 Å². The maximum absolute atomic E-state index is 12.4. The fraction of sp³-hybridized carbons (Fsp3) is 0.375. The van der Waals surface area contributed by atoms with Gasteiger partial charge in [-0.2, -0.15) is 0 Å². The maximum Gasteiger partial charge on any atom is 0.258 e. The van der Waals surface area contributed by atoms with E-state index < -0.39 is 0 Å². The summed E-state index contributed by atoms with van der Waals surface area (Å²) in [7, 11) is 4.69. The van der Waals surface area contributed by atoms with Gasteiger partial charge in [0.25, 0.3) is 5.91 Å². The first-order chi connectivity index (χ1) is 11.2. The first-order valence-corrected chi connectivity index (χ1v) is 7.99. The van der Waals surface area contributed by atoms with Crippen LogP contribution < -0.4 is 14.8 Å². The Balaban J connectivity index is 1.97. The number of benzene rings is 1. The van der Waals surface area contributed by atoms with E-state index in [1.165, 1.54) is 14.2 Å². The Morgan fingerprint density at radius 3 is 2.52 bits per heavy atom. The summed E-state index contributed by atoms with van der Waals surface area (Å²) in [6.45, 7) is 0.992. The average molecular weight is 336 g/mol. The van der Waals surface area contributed by atoms with Gasteiger partial charge in [-0.05, 0) is 12.1 Å². The summed E-state index contributed by atoms with van der Waals surface area (Å²) in [6, 6.07) is 5.24. The van der Waals surface area contributed by atoms with Crippen LogP contribution in [0.3, 0.4) is 0 Å². The van der Waals surface area contributed by atoms with Crippen molar-refractivity contribution in [2.24, 2.45) is 0 Å². The largest absolute Gasteiger partial charge is 0.496 e. The van der Waals surface area contributed by atoms with Gasteiger partial charge in [-0.1, -0.05) is 6.07 Å². The number of carbonyl (C=O) groups excluding carboxylic acids is 1. The van der Waals surface area contributed by atoms with Crippen LogP contribution in [0.25, 0.3) is 0 Å². The number of carbonyl (C=O) groups is 1. The highest BCUT2D eigenvalue weighted by Gasteiger charge is 2.17. The average Bonchev–Trinajstić information content (AvgIpc) is 3.01. The zero-order valence-corrected chi connectivity index (χ0v) is 14.2. The Morgan fingerprint density at radius 2 is 1.91 bits per heavy atom. The van der Waals surface area contributed by atoms with E-state index in [0.717, 1.165) is 10.7 Å². The first-order valence-electron chi connectivity index (χ1n) is 7.11. The van der Waals surface area contributed by atoms with Gasteiger partial charge in [-0.15, -0.1) is 11.3 Å². The summed E-state index contributed by atoms with van der Waals surface area (Å²) in [5.74, 6) is 0.738. The summed E-state index contributed by atoms with van der Waals surface area (Å²) in [4.78, 5) is 16.8. The van der Waals surface area contributed by atoms with Gasteiger partial charge in [0.15, 0.2) is 0 Å². The molecule has 1 aromatic heterocycles. The van der Waals surface area contributed by atoms with Crippen LogP contribution in [-0.2, 0) is 17.8 Å². The molecule has 124 valence electrons. The van der Waals surface area contributed by atoms with Crippen molar-refractivity contribution < 1.29 is 19.0 Å². The Hall–Kier alpha value is -2.12. The monoisotopic (exact) mass is 336 g/mol. The molecule has 1 aromatic carbocycles. The number of rotatable bonds is 8. The van der Waals surface area contributed by atoms with E-state index in [1.807, 2.05) is 5.38 Å². The second kappa shape index (κ2) is 8.50. The van der Waals surface area contributed by atoms with Crippen LogP contribution in [0.2, 0.25) is 0 Å². The highest BCUT2D eigenvalue weighted by atomic mass is 32.1. The number of methoxy groups -OCH3 is 3. The van der Waals surface area contributed by atoms with Gasteiger partial charge in [-0.3, -0.25) is 4.79 Å². The molecule has 0 unspecified atom stereocenters. The molecule has 6 nitrogen and oxygen atoms in total. The third-order valence-electron chi connectivity index (χ3n) is 3.19. The van der Waals surface area contributed by atoms with Crippen LogP contribution in [-0.4, -0.2) is 38.8 Å². The lowest BCUT2D eigenvalue weighted by Crippen LogP contribution is -2.26. The molecule has 2 rings (SSSR count). The molecule has 0 aliphatic carbocycles. The summed E-state index contributed by atoms with van der Waals surface area (Å²) in [5.41, 5.74) is 1.34. The molecular weight excluding hydrogens is 316 g/mol. The molecule has 1 amide bonds. The molecule has 1 heterocycles. The van der Waals surface area contributed by atoms with Crippen molar-refractivity contribution in [1.29, 1.82) is 0 Å². The SMILES string of the molecule is COCc1nc(CCNC(=O)c2c(OC)cccc2OC)cs1. The van der Waals surface area contributed by atoms with Gasteiger partial charge in [0, 0.05) is 25.5 Å². The minimum absolute atomic E-state index is 0.230. The van der Waals surface area contributed by atoms with Crippen molar-refractivity contribution in [3.8, 4) is 11.5 Å². The first kappa shape index (κ1) is 17.2. The molecule has 0 spiro atoms. The zero-order chi connectivity index (χ0) is 16.7. The third-order valence-corrected chi connectivity index (χ3v) is 4.06. The lowest BCUT2D eigenvalue weighted by molar-refractivity contribution is 0.0948. The van der Waals surface area contributed by atoms with Gasteiger partial charge in [0.2, 0.25) is 0 Å². The number of aromatic nitrogens is 1. The molecule has 23 heavy (non-hydrogen) atoms. The van der Waals surface area contributed by atoms with E-state index >= 15 is 0 Å². The molecule has 0 bridgehead atoms. The lowest BCUT2D eigenvalue weighted by Gasteiger charge is -2.12. The molecule has 0 radical (unpaired) electrons. The lowest BCUT2D eigenvalue weighted by atomic mass is 10.1. The summed E-state index contributed by atoms with van der Waals surface area (Å²) < 4.78 is 15.5. The van der Waals surface area contributed by atoms with Gasteiger partial charge in [-0.25, -0.2) is 4.98 Å². The van der Waals surface area contributed by atoms with Crippen LogP contribution in [0.1, 0.15) is 21.1 Å². The van der Waals surface area contributed by atoms with Gasteiger partial charge < -0.3 is 19.5 Å². The second-order valence-corrected chi connectivity index (χ2v) is 5.65. The molecule has 0 saturated heterocycles. The number of amides is 1. The van der Waals surface area contributed by atoms with Crippen LogP contribution in [0.5, 0.6) is 11.5 Å². The quantitative estimate of drug-likeness (QED) is 0.801. The van der Waals surface area contributed by atoms with Crippen molar-refractivity contribution in [3.63, 3.8) is 0 Å². The molecule has 0 aliphatic rings. The van der Waals surface area contributed by atoms with Gasteiger partial charge in [0.05, 0.1) is 26.5 Å². The predicted octanol–water partition coefficient (Wildman–Crippen LogP) is 2.28. The number of ether oxygens (including phenoxy) is 3. The smallest absolute Gasteiger partial charge is 0.258 e. The number of thiazole rings is 1. The molecular formula is C16H20N2O4S. The van der Waals surface area contributed by atoms with Crippen LogP contribution in [0.15, 0.2) is 23.6 Å². The van der Waals surface area contributed by atoms with Crippen molar-refractivity contribution in [3.05, 3.63) is 39.8 Å². The highest BCUT2D eigenvalue weighted by molar-refractivity contribution is 7.09.